The monoisotopic (exact) mass is 337 g/mol. The summed E-state index contributed by atoms with van der Waals surface area (Å²) in [4.78, 5) is 16.4. The predicted molar refractivity (Wildman–Crippen MR) is 93.2 cm³/mol. The molecule has 4 rings (SSSR count). The molecule has 0 aliphatic carbocycles. The van der Waals surface area contributed by atoms with Crippen LogP contribution in [0.1, 0.15) is 5.56 Å². The van der Waals surface area contributed by atoms with Crippen LogP contribution in [-0.2, 0) is 6.54 Å². The average Bonchev–Trinajstić information content (AvgIpc) is 3.15. The molecule has 25 heavy (non-hydrogen) atoms. The third-order valence-corrected chi connectivity index (χ3v) is 4.37. The van der Waals surface area contributed by atoms with Gasteiger partial charge in [0.05, 0.1) is 11.9 Å². The van der Waals surface area contributed by atoms with Gasteiger partial charge in [-0.3, -0.25) is 0 Å². The van der Waals surface area contributed by atoms with Gasteiger partial charge in [-0.1, -0.05) is 30.3 Å². The van der Waals surface area contributed by atoms with Crippen molar-refractivity contribution >= 4 is 17.4 Å². The maximum absolute atomic E-state index is 12.3. The number of nitrogens with one attached hydrogen (secondary N) is 1. The van der Waals surface area contributed by atoms with Gasteiger partial charge in [-0.2, -0.15) is 5.10 Å². The molecule has 3 aromatic rings. The van der Waals surface area contributed by atoms with E-state index in [2.05, 4.69) is 25.5 Å². The highest BCUT2D eigenvalue weighted by molar-refractivity contribution is 5.74. The van der Waals surface area contributed by atoms with Gasteiger partial charge >= 0.3 is 6.03 Å². The lowest BCUT2D eigenvalue weighted by molar-refractivity contribution is 0.194. The van der Waals surface area contributed by atoms with Crippen molar-refractivity contribution in [1.29, 1.82) is 0 Å². The molecule has 128 valence electrons. The molecule has 1 aliphatic heterocycles. The van der Waals surface area contributed by atoms with Crippen molar-refractivity contribution in [1.82, 2.24) is 30.0 Å². The fraction of sp³-hybridized carbons (Fsp3) is 0.294. The number of piperazine rings is 1. The smallest absolute Gasteiger partial charge is 0.317 e. The van der Waals surface area contributed by atoms with Crippen LogP contribution in [0.5, 0.6) is 0 Å². The number of hydrogen-bond acceptors (Lipinski definition) is 5. The van der Waals surface area contributed by atoms with Gasteiger partial charge in [0.1, 0.15) is 6.33 Å². The number of benzene rings is 1. The molecule has 0 atom stereocenters. The van der Waals surface area contributed by atoms with Gasteiger partial charge < -0.3 is 15.1 Å². The molecular formula is C17H19N7O. The lowest BCUT2D eigenvalue weighted by atomic mass is 10.2. The van der Waals surface area contributed by atoms with Crippen LogP contribution in [0.15, 0.2) is 48.9 Å². The molecule has 8 heteroatoms. The van der Waals surface area contributed by atoms with E-state index in [1.54, 1.807) is 10.8 Å². The molecule has 0 saturated carbocycles. The number of amides is 2. The number of aromatic nitrogens is 4. The molecule has 3 heterocycles. The van der Waals surface area contributed by atoms with Gasteiger partial charge in [0.15, 0.2) is 5.65 Å². The van der Waals surface area contributed by atoms with Crippen LogP contribution in [0, 0.1) is 0 Å². The van der Waals surface area contributed by atoms with E-state index in [-0.39, 0.29) is 6.03 Å². The van der Waals surface area contributed by atoms with Gasteiger partial charge in [-0.05, 0) is 5.56 Å². The second-order valence-corrected chi connectivity index (χ2v) is 5.97. The first-order chi connectivity index (χ1) is 12.3. The number of rotatable bonds is 3. The lowest BCUT2D eigenvalue weighted by Crippen LogP contribution is -2.51. The van der Waals surface area contributed by atoms with E-state index in [0.29, 0.717) is 19.6 Å². The van der Waals surface area contributed by atoms with E-state index in [1.165, 1.54) is 0 Å². The van der Waals surface area contributed by atoms with E-state index in [0.717, 1.165) is 30.0 Å². The summed E-state index contributed by atoms with van der Waals surface area (Å²) in [6.07, 6.45) is 3.38. The fourth-order valence-corrected chi connectivity index (χ4v) is 2.94. The normalized spacial score (nSPS) is 14.7. The first kappa shape index (κ1) is 15.4. The molecule has 1 aliphatic rings. The van der Waals surface area contributed by atoms with Gasteiger partial charge in [0.2, 0.25) is 0 Å². The number of hydrogen-bond donors (Lipinski definition) is 1. The number of carbonyl (C=O) groups is 1. The summed E-state index contributed by atoms with van der Waals surface area (Å²) in [5, 5.41) is 15.1. The number of nitrogens with zero attached hydrogens (tertiary/aromatic N) is 6. The van der Waals surface area contributed by atoms with Crippen molar-refractivity contribution in [2.75, 3.05) is 31.1 Å². The molecule has 1 N–H and O–H groups in total. The Morgan fingerprint density at radius 3 is 2.72 bits per heavy atom. The Kier molecular flexibility index (Phi) is 4.16. The lowest BCUT2D eigenvalue weighted by Gasteiger charge is -2.35. The van der Waals surface area contributed by atoms with Crippen molar-refractivity contribution < 1.29 is 4.79 Å². The highest BCUT2D eigenvalue weighted by atomic mass is 16.2. The summed E-state index contributed by atoms with van der Waals surface area (Å²) in [6.45, 7) is 3.44. The number of carbonyl (C=O) groups excluding carboxylic acids is 1. The molecule has 8 nitrogen and oxygen atoms in total. The Bertz CT molecular complexity index is 856. The van der Waals surface area contributed by atoms with Crippen molar-refractivity contribution in [2.24, 2.45) is 0 Å². The van der Waals surface area contributed by atoms with Crippen molar-refractivity contribution in [3.63, 3.8) is 0 Å². The summed E-state index contributed by atoms with van der Waals surface area (Å²) in [6, 6.07) is 11.9. The van der Waals surface area contributed by atoms with Crippen molar-refractivity contribution in [3.05, 3.63) is 54.5 Å². The molecule has 0 bridgehead atoms. The molecule has 0 spiro atoms. The van der Waals surface area contributed by atoms with E-state index in [4.69, 9.17) is 0 Å². The predicted octanol–water partition coefficient (Wildman–Crippen LogP) is 1.16. The van der Waals surface area contributed by atoms with Crippen LogP contribution >= 0.6 is 0 Å². The largest absolute Gasteiger partial charge is 0.367 e. The molecule has 2 amide bonds. The third kappa shape index (κ3) is 3.37. The number of anilines is 1. The standard InChI is InChI=1S/C17H19N7O/c25-17(18-11-14-4-2-1-3-5-14)23-8-6-22(7-9-23)15-10-16-21-19-13-24(16)20-12-15/h1-5,10,12-13H,6-9,11H2,(H,18,25). The zero-order chi connectivity index (χ0) is 17.1. The minimum Gasteiger partial charge on any atom is -0.367 e. The Labute approximate surface area is 145 Å². The highest BCUT2D eigenvalue weighted by Crippen LogP contribution is 2.16. The topological polar surface area (TPSA) is 78.7 Å². The van der Waals surface area contributed by atoms with Crippen LogP contribution < -0.4 is 10.2 Å². The summed E-state index contributed by atoms with van der Waals surface area (Å²) in [7, 11) is 0. The van der Waals surface area contributed by atoms with Gasteiger partial charge in [-0.15, -0.1) is 10.2 Å². The third-order valence-electron chi connectivity index (χ3n) is 4.37. The Balaban J connectivity index is 1.32. The molecule has 1 saturated heterocycles. The zero-order valence-corrected chi connectivity index (χ0v) is 13.7. The first-order valence-corrected chi connectivity index (χ1v) is 8.27. The molecule has 2 aromatic heterocycles. The molecule has 0 radical (unpaired) electrons. The Morgan fingerprint density at radius 1 is 1.12 bits per heavy atom. The summed E-state index contributed by atoms with van der Waals surface area (Å²) in [5.41, 5.74) is 2.83. The first-order valence-electron chi connectivity index (χ1n) is 8.27. The maximum Gasteiger partial charge on any atom is 0.317 e. The van der Waals surface area contributed by atoms with Crippen LogP contribution in [0.25, 0.3) is 5.65 Å². The molecule has 0 unspecified atom stereocenters. The molecule has 1 aromatic carbocycles. The Hall–Kier alpha value is -3.16. The number of urea groups is 1. The SMILES string of the molecule is O=C(NCc1ccccc1)N1CCN(c2cnn3cnnc3c2)CC1. The molecule has 1 fully saturated rings. The van der Waals surface area contributed by atoms with Crippen LogP contribution in [0.3, 0.4) is 0 Å². The average molecular weight is 337 g/mol. The van der Waals surface area contributed by atoms with Crippen molar-refractivity contribution in [2.45, 2.75) is 6.54 Å². The van der Waals surface area contributed by atoms with Crippen LogP contribution in [-0.4, -0.2) is 56.9 Å². The highest BCUT2D eigenvalue weighted by Gasteiger charge is 2.21. The second-order valence-electron chi connectivity index (χ2n) is 5.97. The summed E-state index contributed by atoms with van der Waals surface area (Å²) < 4.78 is 1.64. The van der Waals surface area contributed by atoms with Gasteiger partial charge in [-0.25, -0.2) is 9.31 Å². The van der Waals surface area contributed by atoms with E-state index in [1.807, 2.05) is 47.5 Å². The summed E-state index contributed by atoms with van der Waals surface area (Å²) >= 11 is 0. The fourth-order valence-electron chi connectivity index (χ4n) is 2.94. The van der Waals surface area contributed by atoms with Crippen LogP contribution in [0.2, 0.25) is 0 Å². The van der Waals surface area contributed by atoms with Crippen molar-refractivity contribution in [3.8, 4) is 0 Å². The van der Waals surface area contributed by atoms with Gasteiger partial charge in [0.25, 0.3) is 0 Å². The second kappa shape index (κ2) is 6.76. The number of fused-ring (bicyclic) bond motifs is 1. The van der Waals surface area contributed by atoms with E-state index >= 15 is 0 Å². The molecular weight excluding hydrogens is 318 g/mol. The van der Waals surface area contributed by atoms with Crippen LogP contribution in [0.4, 0.5) is 10.5 Å². The maximum atomic E-state index is 12.3. The van der Waals surface area contributed by atoms with E-state index in [9.17, 15) is 4.79 Å². The minimum absolute atomic E-state index is 0.0189. The quantitative estimate of drug-likeness (QED) is 0.776. The minimum atomic E-state index is -0.0189. The van der Waals surface area contributed by atoms with E-state index < -0.39 is 0 Å². The zero-order valence-electron chi connectivity index (χ0n) is 13.7. The van der Waals surface area contributed by atoms with Gasteiger partial charge in [0, 0.05) is 38.8 Å². The summed E-state index contributed by atoms with van der Waals surface area (Å²) in [5.74, 6) is 0. The Morgan fingerprint density at radius 2 is 1.92 bits per heavy atom.